The summed E-state index contributed by atoms with van der Waals surface area (Å²) in [5.74, 6) is -4.52. The number of carboxylic acids is 1. The summed E-state index contributed by atoms with van der Waals surface area (Å²) in [6.07, 6.45) is -0.159. The highest BCUT2D eigenvalue weighted by Crippen LogP contribution is 2.43. The number of β-lactam (4-membered cyclic amide) rings is 1. The summed E-state index contributed by atoms with van der Waals surface area (Å²) < 4.78 is 9.95. The zero-order valence-electron chi connectivity index (χ0n) is 14.1. The maximum Gasteiger partial charge on any atom is 0.345 e. The molecule has 1 saturated heterocycles. The smallest absolute Gasteiger partial charge is 0.345 e. The van der Waals surface area contributed by atoms with Crippen LogP contribution in [-0.2, 0) is 28.7 Å². The number of esters is 2. The van der Waals surface area contributed by atoms with Gasteiger partial charge in [0.1, 0.15) is 11.5 Å². The van der Waals surface area contributed by atoms with Gasteiger partial charge in [-0.3, -0.25) is 19.3 Å². The molecule has 0 aromatic heterocycles. The number of halogens is 1. The van der Waals surface area contributed by atoms with E-state index in [-0.39, 0.29) is 13.0 Å². The van der Waals surface area contributed by atoms with Crippen LogP contribution < -0.4 is 0 Å². The minimum Gasteiger partial charge on any atom is -0.479 e. The van der Waals surface area contributed by atoms with Crippen LogP contribution in [0, 0.1) is 5.92 Å². The van der Waals surface area contributed by atoms with Crippen LogP contribution in [0.15, 0.2) is 12.0 Å². The van der Waals surface area contributed by atoms with Crippen molar-refractivity contribution in [2.24, 2.45) is 5.92 Å². The predicted octanol–water partition coefficient (Wildman–Crippen LogP) is 1.57. The molecule has 1 aliphatic rings. The van der Waals surface area contributed by atoms with E-state index in [0.29, 0.717) is 0 Å². The first-order chi connectivity index (χ1) is 11.5. The lowest BCUT2D eigenvalue weighted by atomic mass is 9.95. The molecule has 25 heavy (non-hydrogen) atoms. The minimum atomic E-state index is -1.97. The third-order valence-corrected chi connectivity index (χ3v) is 4.81. The van der Waals surface area contributed by atoms with Gasteiger partial charge in [0.2, 0.25) is 10.9 Å². The van der Waals surface area contributed by atoms with Gasteiger partial charge in [-0.1, -0.05) is 18.2 Å². The molecule has 0 radical (unpaired) electrons. The van der Waals surface area contributed by atoms with E-state index in [4.69, 9.17) is 26.2 Å². The monoisotopic (exact) mass is 393 g/mol. The molecule has 2 unspecified atom stereocenters. The Hall–Kier alpha value is -1.74. The van der Waals surface area contributed by atoms with Crippen molar-refractivity contribution in [2.75, 3.05) is 6.61 Å². The van der Waals surface area contributed by atoms with Crippen LogP contribution in [0.1, 0.15) is 27.2 Å². The topological polar surface area (TPSA) is 110 Å². The molecule has 0 spiro atoms. The number of carboxylic acid groups (broad SMARTS) is 1. The molecule has 4 atom stereocenters. The number of thioether (sulfide) groups is 1. The molecule has 8 nitrogen and oxygen atoms in total. The molecule has 140 valence electrons. The van der Waals surface area contributed by atoms with Gasteiger partial charge in [-0.15, -0.1) is 11.8 Å². The van der Waals surface area contributed by atoms with Crippen LogP contribution in [0.25, 0.3) is 0 Å². The second-order valence-corrected chi connectivity index (χ2v) is 7.34. The van der Waals surface area contributed by atoms with E-state index in [9.17, 15) is 19.2 Å². The van der Waals surface area contributed by atoms with Crippen molar-refractivity contribution in [1.82, 2.24) is 4.90 Å². The van der Waals surface area contributed by atoms with Crippen molar-refractivity contribution >= 4 is 47.2 Å². The molecule has 1 N–H and O–H groups in total. The normalized spacial score (nSPS) is 23.0. The number of nitrogens with zero attached hydrogens (tertiary/aromatic N) is 1. The number of rotatable bonds is 9. The first-order valence-corrected chi connectivity index (χ1v) is 8.71. The standard InChI is InChI=1S/C15H20ClNO7S/c1-5-25-12-10(11(19)17(12)15(4,16)14(21)22)13(20)23-7-6-8(2)24-9(3)18/h5,8,10,12H,1,6-7H2,2-4H3,(H,21,22)/t8?,10-,12-,15?/m1/s1. The van der Waals surface area contributed by atoms with Crippen LogP contribution >= 0.6 is 23.4 Å². The number of hydrogen-bond acceptors (Lipinski definition) is 7. The lowest BCUT2D eigenvalue weighted by molar-refractivity contribution is -0.177. The molecular formula is C15H20ClNO7S. The van der Waals surface area contributed by atoms with Crippen molar-refractivity contribution in [3.8, 4) is 0 Å². The highest BCUT2D eigenvalue weighted by molar-refractivity contribution is 8.02. The number of hydrogen-bond donors (Lipinski definition) is 1. The molecule has 1 rings (SSSR count). The quantitative estimate of drug-likeness (QED) is 0.206. The fraction of sp³-hybridized carbons (Fsp3) is 0.600. The summed E-state index contributed by atoms with van der Waals surface area (Å²) in [7, 11) is 0. The Kier molecular flexibility index (Phi) is 7.30. The lowest BCUT2D eigenvalue weighted by Crippen LogP contribution is -2.70. The third kappa shape index (κ3) is 4.88. The lowest BCUT2D eigenvalue weighted by Gasteiger charge is -2.49. The highest BCUT2D eigenvalue weighted by Gasteiger charge is 2.60. The van der Waals surface area contributed by atoms with Gasteiger partial charge >= 0.3 is 17.9 Å². The molecule has 0 aliphatic carbocycles. The summed E-state index contributed by atoms with van der Waals surface area (Å²) in [6, 6.07) is 0. The first-order valence-electron chi connectivity index (χ1n) is 7.39. The predicted molar refractivity (Wildman–Crippen MR) is 90.6 cm³/mol. The summed E-state index contributed by atoms with van der Waals surface area (Å²) in [5, 5.41) is 9.73. The average Bonchev–Trinajstić information content (AvgIpc) is 2.45. The fourth-order valence-electron chi connectivity index (χ4n) is 2.23. The molecule has 0 aromatic carbocycles. The van der Waals surface area contributed by atoms with E-state index in [1.165, 1.54) is 12.3 Å². The number of carbonyl (C=O) groups is 4. The minimum absolute atomic E-state index is 0.0421. The molecule has 0 bridgehead atoms. The molecule has 0 aromatic rings. The summed E-state index contributed by atoms with van der Waals surface area (Å²) in [4.78, 5) is 45.4. The van der Waals surface area contributed by atoms with Gasteiger partial charge in [0.15, 0.2) is 5.92 Å². The Labute approximate surface area is 154 Å². The van der Waals surface area contributed by atoms with Gasteiger partial charge in [-0.05, 0) is 19.3 Å². The number of aliphatic carboxylic acids is 1. The van der Waals surface area contributed by atoms with E-state index in [1.807, 2.05) is 0 Å². The number of carbonyl (C=O) groups excluding carboxylic acids is 3. The number of alkyl halides is 1. The van der Waals surface area contributed by atoms with Crippen molar-refractivity contribution < 1.29 is 33.8 Å². The van der Waals surface area contributed by atoms with E-state index in [2.05, 4.69) is 6.58 Å². The molecule has 0 saturated carbocycles. The maximum atomic E-state index is 12.2. The molecule has 1 amide bonds. The van der Waals surface area contributed by atoms with Crippen molar-refractivity contribution in [2.45, 2.75) is 43.7 Å². The number of ether oxygens (including phenoxy) is 2. The average molecular weight is 394 g/mol. The first kappa shape index (κ1) is 21.3. The largest absolute Gasteiger partial charge is 0.479 e. The van der Waals surface area contributed by atoms with Crippen molar-refractivity contribution in [3.63, 3.8) is 0 Å². The van der Waals surface area contributed by atoms with E-state index >= 15 is 0 Å². The van der Waals surface area contributed by atoms with E-state index in [1.54, 1.807) is 6.92 Å². The summed E-state index contributed by atoms with van der Waals surface area (Å²) in [6.45, 7) is 7.55. The fourth-order valence-corrected chi connectivity index (χ4v) is 3.49. The number of amides is 1. The molecule has 1 heterocycles. The maximum absolute atomic E-state index is 12.2. The van der Waals surface area contributed by atoms with E-state index in [0.717, 1.165) is 23.6 Å². The van der Waals surface area contributed by atoms with Gasteiger partial charge in [0, 0.05) is 13.3 Å². The van der Waals surface area contributed by atoms with E-state index < -0.39 is 46.2 Å². The van der Waals surface area contributed by atoms with Gasteiger partial charge in [-0.25, -0.2) is 4.79 Å². The number of likely N-dealkylation sites (tertiary alicyclic amines) is 1. The van der Waals surface area contributed by atoms with Crippen molar-refractivity contribution in [3.05, 3.63) is 12.0 Å². The molecule has 1 fully saturated rings. The van der Waals surface area contributed by atoms with Gasteiger partial charge in [0.05, 0.1) is 6.61 Å². The molecular weight excluding hydrogens is 374 g/mol. The zero-order chi connectivity index (χ0) is 19.4. The van der Waals surface area contributed by atoms with Gasteiger partial charge in [0.25, 0.3) is 0 Å². The third-order valence-electron chi connectivity index (χ3n) is 3.51. The van der Waals surface area contributed by atoms with Crippen LogP contribution in [0.4, 0.5) is 0 Å². The van der Waals surface area contributed by atoms with Crippen LogP contribution in [0.2, 0.25) is 0 Å². The van der Waals surface area contributed by atoms with Gasteiger partial charge in [-0.2, -0.15) is 0 Å². The zero-order valence-corrected chi connectivity index (χ0v) is 15.6. The molecule has 1 aliphatic heterocycles. The Morgan fingerprint density at radius 3 is 2.60 bits per heavy atom. The second-order valence-electron chi connectivity index (χ2n) is 5.51. The Balaban J connectivity index is 2.69. The SMILES string of the molecule is C=CS[C@@H]1[C@H](C(=O)OCCC(C)OC(C)=O)C(=O)N1C(C)(Cl)C(=O)O. The summed E-state index contributed by atoms with van der Waals surface area (Å²) >= 11 is 6.93. The van der Waals surface area contributed by atoms with Crippen LogP contribution in [0.3, 0.4) is 0 Å². The van der Waals surface area contributed by atoms with Crippen LogP contribution in [-0.4, -0.2) is 56.9 Å². The summed E-state index contributed by atoms with van der Waals surface area (Å²) in [5.41, 5.74) is 0. The second kappa shape index (κ2) is 8.57. The van der Waals surface area contributed by atoms with Crippen molar-refractivity contribution in [1.29, 1.82) is 0 Å². The van der Waals surface area contributed by atoms with Gasteiger partial charge < -0.3 is 14.6 Å². The Morgan fingerprint density at radius 1 is 1.52 bits per heavy atom. The Morgan fingerprint density at radius 2 is 2.12 bits per heavy atom. The Bertz CT molecular complexity index is 580. The highest BCUT2D eigenvalue weighted by atomic mass is 35.5. The molecule has 10 heteroatoms. The van der Waals surface area contributed by atoms with Crippen LogP contribution in [0.5, 0.6) is 0 Å².